The summed E-state index contributed by atoms with van der Waals surface area (Å²) in [5.41, 5.74) is 0.554. The van der Waals surface area contributed by atoms with Gasteiger partial charge in [-0.05, 0) is 74.9 Å². The minimum absolute atomic E-state index is 0. The first-order chi connectivity index (χ1) is 13.5. The molecule has 0 radical (unpaired) electrons. The summed E-state index contributed by atoms with van der Waals surface area (Å²) in [6.45, 7) is 5.67. The van der Waals surface area contributed by atoms with Gasteiger partial charge < -0.3 is 20.9 Å². The zero-order valence-corrected chi connectivity index (χ0v) is 17.8. The Kier molecular flexibility index (Phi) is 9.17. The molecule has 0 saturated carbocycles. The quantitative estimate of drug-likeness (QED) is 0.675. The highest BCUT2D eigenvalue weighted by atomic mass is 35.5. The fraction of sp³-hybridized carbons (Fsp3) is 0.619. The summed E-state index contributed by atoms with van der Waals surface area (Å²) >= 11 is 0. The van der Waals surface area contributed by atoms with E-state index in [2.05, 4.69) is 22.9 Å². The number of carbonyl (C=O) groups excluding carboxylic acids is 2. The second-order valence-corrected chi connectivity index (χ2v) is 8.03. The van der Waals surface area contributed by atoms with Crippen LogP contribution in [0.4, 0.5) is 14.9 Å². The molecule has 0 spiro atoms. The second kappa shape index (κ2) is 11.4. The molecule has 3 rings (SSSR count). The predicted molar refractivity (Wildman–Crippen MR) is 115 cm³/mol. The molecule has 6 nitrogen and oxygen atoms in total. The van der Waals surface area contributed by atoms with E-state index in [0.717, 1.165) is 38.8 Å². The lowest BCUT2D eigenvalue weighted by Crippen LogP contribution is -2.48. The van der Waals surface area contributed by atoms with Crippen LogP contribution in [0.2, 0.25) is 0 Å². The van der Waals surface area contributed by atoms with Crippen LogP contribution in [0.15, 0.2) is 24.3 Å². The summed E-state index contributed by atoms with van der Waals surface area (Å²) in [5, 5.41) is 9.03. The maximum atomic E-state index is 12.9. The minimum atomic E-state index is -0.336. The van der Waals surface area contributed by atoms with Gasteiger partial charge in [0.1, 0.15) is 5.82 Å². The molecule has 0 aromatic heterocycles. The number of hydrogen-bond acceptors (Lipinski definition) is 3. The molecule has 29 heavy (non-hydrogen) atoms. The van der Waals surface area contributed by atoms with E-state index in [0.29, 0.717) is 37.0 Å². The third-order valence-corrected chi connectivity index (χ3v) is 5.97. The van der Waals surface area contributed by atoms with Gasteiger partial charge in [-0.3, -0.25) is 4.79 Å². The van der Waals surface area contributed by atoms with Gasteiger partial charge in [0, 0.05) is 31.2 Å². The van der Waals surface area contributed by atoms with Gasteiger partial charge in [0.15, 0.2) is 0 Å². The first kappa shape index (κ1) is 23.4. The van der Waals surface area contributed by atoms with Crippen molar-refractivity contribution in [3.8, 4) is 0 Å². The third kappa shape index (κ3) is 7.16. The van der Waals surface area contributed by atoms with E-state index in [1.807, 2.05) is 4.90 Å². The van der Waals surface area contributed by atoms with Gasteiger partial charge in [0.05, 0.1) is 0 Å². The smallest absolute Gasteiger partial charge is 0.319 e. The fourth-order valence-electron chi connectivity index (χ4n) is 4.14. The highest BCUT2D eigenvalue weighted by Crippen LogP contribution is 2.25. The molecule has 2 aliphatic rings. The first-order valence-electron chi connectivity index (χ1n) is 10.3. The fourth-order valence-corrected chi connectivity index (χ4v) is 4.14. The van der Waals surface area contributed by atoms with Crippen molar-refractivity contribution in [1.29, 1.82) is 0 Å². The largest absolute Gasteiger partial charge is 0.343 e. The van der Waals surface area contributed by atoms with Crippen LogP contribution < -0.4 is 16.0 Å². The molecule has 162 valence electrons. The summed E-state index contributed by atoms with van der Waals surface area (Å²) < 4.78 is 12.9. The van der Waals surface area contributed by atoms with Crippen LogP contribution >= 0.6 is 12.4 Å². The molecule has 0 bridgehead atoms. The molecule has 3 N–H and O–H groups in total. The van der Waals surface area contributed by atoms with Gasteiger partial charge in [-0.2, -0.15) is 0 Å². The van der Waals surface area contributed by atoms with Gasteiger partial charge in [-0.25, -0.2) is 9.18 Å². The lowest BCUT2D eigenvalue weighted by Gasteiger charge is -2.34. The normalized spacial score (nSPS) is 19.2. The molecule has 2 aliphatic heterocycles. The van der Waals surface area contributed by atoms with Gasteiger partial charge in [0.2, 0.25) is 5.91 Å². The van der Waals surface area contributed by atoms with Gasteiger partial charge in [-0.1, -0.05) is 6.92 Å². The van der Waals surface area contributed by atoms with Gasteiger partial charge >= 0.3 is 6.03 Å². The number of likely N-dealkylation sites (tertiary alicyclic amines) is 1. The van der Waals surface area contributed by atoms with Crippen molar-refractivity contribution in [3.05, 3.63) is 30.1 Å². The van der Waals surface area contributed by atoms with E-state index in [-0.39, 0.29) is 36.2 Å². The van der Waals surface area contributed by atoms with E-state index in [1.165, 1.54) is 24.3 Å². The average Bonchev–Trinajstić information content (AvgIpc) is 2.71. The van der Waals surface area contributed by atoms with E-state index in [9.17, 15) is 14.0 Å². The molecule has 1 aromatic carbocycles. The molecular formula is C21H32ClFN4O2. The standard InChI is InChI=1S/C21H31FN4O2.ClH/c1-15(16-6-10-23-11-7-16)14-20(27)26-12-8-19(9-13-26)25-21(28)24-18-4-2-17(22)3-5-18;/h2-5,15-16,19,23H,6-14H2,1H3,(H2,24,25,28);1H. The van der Waals surface area contributed by atoms with Crippen molar-refractivity contribution in [2.45, 2.75) is 45.1 Å². The SMILES string of the molecule is CC(CC(=O)N1CCC(NC(=O)Nc2ccc(F)cc2)CC1)C1CCNCC1.Cl. The Hall–Kier alpha value is -1.86. The summed E-state index contributed by atoms with van der Waals surface area (Å²) in [5.74, 6) is 0.962. The van der Waals surface area contributed by atoms with Crippen LogP contribution in [0.25, 0.3) is 0 Å². The maximum absolute atomic E-state index is 12.9. The number of nitrogens with one attached hydrogen (secondary N) is 3. The van der Waals surface area contributed by atoms with Crippen molar-refractivity contribution in [2.75, 3.05) is 31.5 Å². The molecule has 8 heteroatoms. The average molecular weight is 427 g/mol. The topological polar surface area (TPSA) is 73.5 Å². The summed E-state index contributed by atoms with van der Waals surface area (Å²) in [6, 6.07) is 5.43. The zero-order chi connectivity index (χ0) is 19.9. The number of rotatable bonds is 5. The number of halogens is 2. The third-order valence-electron chi connectivity index (χ3n) is 5.97. The Bertz CT molecular complexity index is 659. The summed E-state index contributed by atoms with van der Waals surface area (Å²) in [4.78, 5) is 26.7. The van der Waals surface area contributed by atoms with E-state index in [1.54, 1.807) is 0 Å². The number of piperidine rings is 2. The predicted octanol–water partition coefficient (Wildman–Crippen LogP) is 3.39. The van der Waals surface area contributed by atoms with Gasteiger partial charge in [-0.15, -0.1) is 12.4 Å². The Labute approximate surface area is 178 Å². The van der Waals surface area contributed by atoms with E-state index < -0.39 is 0 Å². The lowest BCUT2D eigenvalue weighted by molar-refractivity contribution is -0.133. The van der Waals surface area contributed by atoms with Gasteiger partial charge in [0.25, 0.3) is 0 Å². The van der Waals surface area contributed by atoms with Crippen molar-refractivity contribution >= 4 is 30.0 Å². The number of urea groups is 1. The number of benzene rings is 1. The molecule has 1 atom stereocenters. The zero-order valence-electron chi connectivity index (χ0n) is 17.0. The van der Waals surface area contributed by atoms with Crippen LogP contribution in [-0.2, 0) is 4.79 Å². The highest BCUT2D eigenvalue weighted by molar-refractivity contribution is 5.89. The summed E-state index contributed by atoms with van der Waals surface area (Å²) in [7, 11) is 0. The van der Waals surface area contributed by atoms with Crippen LogP contribution in [0.3, 0.4) is 0 Å². The first-order valence-corrected chi connectivity index (χ1v) is 10.3. The molecule has 0 aliphatic carbocycles. The molecule has 1 unspecified atom stereocenters. The van der Waals surface area contributed by atoms with E-state index >= 15 is 0 Å². The molecule has 2 fully saturated rings. The number of nitrogens with zero attached hydrogens (tertiary/aromatic N) is 1. The van der Waals surface area contributed by atoms with Crippen molar-refractivity contribution in [3.63, 3.8) is 0 Å². The Morgan fingerprint density at radius 3 is 2.38 bits per heavy atom. The van der Waals surface area contributed by atoms with Crippen molar-refractivity contribution < 1.29 is 14.0 Å². The van der Waals surface area contributed by atoms with Crippen LogP contribution in [0, 0.1) is 17.7 Å². The van der Waals surface area contributed by atoms with Crippen molar-refractivity contribution in [1.82, 2.24) is 15.5 Å². The minimum Gasteiger partial charge on any atom is -0.343 e. The number of amides is 3. The lowest BCUT2D eigenvalue weighted by atomic mass is 9.84. The Morgan fingerprint density at radius 1 is 1.14 bits per heavy atom. The number of hydrogen-bond donors (Lipinski definition) is 3. The molecule has 1 aromatic rings. The van der Waals surface area contributed by atoms with E-state index in [4.69, 9.17) is 0 Å². The maximum Gasteiger partial charge on any atom is 0.319 e. The number of carbonyl (C=O) groups is 2. The van der Waals surface area contributed by atoms with Crippen molar-refractivity contribution in [2.24, 2.45) is 11.8 Å². The van der Waals surface area contributed by atoms with Crippen LogP contribution in [-0.4, -0.2) is 49.1 Å². The van der Waals surface area contributed by atoms with Crippen LogP contribution in [0.1, 0.15) is 39.0 Å². The van der Waals surface area contributed by atoms with Crippen LogP contribution in [0.5, 0.6) is 0 Å². The molecular weight excluding hydrogens is 395 g/mol. The Balaban J connectivity index is 0.00000300. The Morgan fingerprint density at radius 2 is 1.76 bits per heavy atom. The monoisotopic (exact) mass is 426 g/mol. The molecule has 2 saturated heterocycles. The number of anilines is 1. The summed E-state index contributed by atoms with van der Waals surface area (Å²) in [6.07, 6.45) is 4.44. The molecule has 2 heterocycles. The second-order valence-electron chi connectivity index (χ2n) is 8.03. The highest BCUT2D eigenvalue weighted by Gasteiger charge is 2.27. The molecule has 3 amide bonds.